The summed E-state index contributed by atoms with van der Waals surface area (Å²) in [6, 6.07) is 68.4. The van der Waals surface area contributed by atoms with Crippen LogP contribution in [-0.2, 0) is 0 Å². The van der Waals surface area contributed by atoms with E-state index in [1.165, 1.54) is 27.3 Å². The van der Waals surface area contributed by atoms with Crippen molar-refractivity contribution in [2.45, 2.75) is 0 Å². The fourth-order valence-corrected chi connectivity index (χ4v) is 8.25. The summed E-state index contributed by atoms with van der Waals surface area (Å²) in [7, 11) is 0. The standard InChI is InChI=1S/C51H32N4/c1-3-14-33(15-4-1)34-26-28-35(29-27-34)49-41-21-8-11-24-44(41)53-51(54-49)37-17-13-16-36(32-37)50-48-40(39-20-7-10-23-43(39)52-50)30-31-46-47(48)42-22-9-12-25-45(42)55(46)38-18-5-2-6-19-38/h1-32H. The van der Waals surface area contributed by atoms with Crippen LogP contribution in [-0.4, -0.2) is 19.5 Å². The zero-order valence-corrected chi connectivity index (χ0v) is 29.8. The van der Waals surface area contributed by atoms with Crippen LogP contribution in [0.15, 0.2) is 194 Å². The van der Waals surface area contributed by atoms with Crippen LogP contribution in [0.4, 0.5) is 0 Å². The minimum atomic E-state index is 0.679. The van der Waals surface area contributed by atoms with Gasteiger partial charge in [-0.2, -0.15) is 0 Å². The Hall–Kier alpha value is -7.43. The Bertz CT molecular complexity index is 3240. The summed E-state index contributed by atoms with van der Waals surface area (Å²) in [5.74, 6) is 0.679. The van der Waals surface area contributed by atoms with E-state index in [0.717, 1.165) is 72.0 Å². The van der Waals surface area contributed by atoms with Crippen LogP contribution < -0.4 is 0 Å². The molecule has 0 aliphatic carbocycles. The number of nitrogens with zero attached hydrogens (tertiary/aromatic N) is 4. The van der Waals surface area contributed by atoms with Gasteiger partial charge in [0.1, 0.15) is 0 Å². The van der Waals surface area contributed by atoms with Gasteiger partial charge in [-0.05, 0) is 59.0 Å². The molecular weight excluding hydrogens is 669 g/mol. The Balaban J connectivity index is 1.14. The second kappa shape index (κ2) is 12.6. The van der Waals surface area contributed by atoms with E-state index in [2.05, 4.69) is 187 Å². The van der Waals surface area contributed by atoms with E-state index in [-0.39, 0.29) is 0 Å². The number of rotatable bonds is 5. The van der Waals surface area contributed by atoms with Crippen LogP contribution in [0, 0.1) is 0 Å². The van der Waals surface area contributed by atoms with E-state index in [4.69, 9.17) is 15.0 Å². The normalized spacial score (nSPS) is 11.6. The molecule has 0 amide bonds. The highest BCUT2D eigenvalue weighted by atomic mass is 15.0. The summed E-state index contributed by atoms with van der Waals surface area (Å²) in [4.78, 5) is 15.9. The van der Waals surface area contributed by atoms with Crippen molar-refractivity contribution in [2.24, 2.45) is 0 Å². The molecule has 256 valence electrons. The van der Waals surface area contributed by atoms with Gasteiger partial charge >= 0.3 is 0 Å². The van der Waals surface area contributed by atoms with Crippen LogP contribution >= 0.6 is 0 Å². The largest absolute Gasteiger partial charge is 0.309 e. The first-order valence-corrected chi connectivity index (χ1v) is 18.6. The maximum absolute atomic E-state index is 5.45. The van der Waals surface area contributed by atoms with Gasteiger partial charge in [0.15, 0.2) is 5.82 Å². The number of benzene rings is 8. The molecule has 11 rings (SSSR count). The topological polar surface area (TPSA) is 43.6 Å². The molecule has 0 spiro atoms. The van der Waals surface area contributed by atoms with Crippen molar-refractivity contribution in [2.75, 3.05) is 0 Å². The molecule has 3 heterocycles. The highest BCUT2D eigenvalue weighted by molar-refractivity contribution is 6.28. The van der Waals surface area contributed by atoms with Crippen molar-refractivity contribution < 1.29 is 0 Å². The maximum Gasteiger partial charge on any atom is 0.160 e. The third kappa shape index (κ3) is 5.11. The van der Waals surface area contributed by atoms with E-state index < -0.39 is 0 Å². The lowest BCUT2D eigenvalue weighted by atomic mass is 9.95. The third-order valence-electron chi connectivity index (χ3n) is 10.8. The molecule has 0 saturated heterocycles. The first kappa shape index (κ1) is 31.1. The smallest absolute Gasteiger partial charge is 0.160 e. The van der Waals surface area contributed by atoms with Gasteiger partial charge in [-0.15, -0.1) is 0 Å². The fraction of sp³-hybridized carbons (Fsp3) is 0. The van der Waals surface area contributed by atoms with Crippen molar-refractivity contribution in [3.05, 3.63) is 194 Å². The van der Waals surface area contributed by atoms with Crippen molar-refractivity contribution in [1.29, 1.82) is 0 Å². The Labute approximate surface area is 317 Å². The molecule has 0 bridgehead atoms. The van der Waals surface area contributed by atoms with Crippen LogP contribution in [0.5, 0.6) is 0 Å². The molecule has 55 heavy (non-hydrogen) atoms. The summed E-state index contributed by atoms with van der Waals surface area (Å²) < 4.78 is 2.37. The molecule has 0 aliphatic heterocycles. The molecule has 11 aromatic rings. The number of aromatic nitrogens is 4. The molecule has 0 aliphatic rings. The zero-order valence-electron chi connectivity index (χ0n) is 29.8. The van der Waals surface area contributed by atoms with Gasteiger partial charge in [-0.3, -0.25) is 0 Å². The fourth-order valence-electron chi connectivity index (χ4n) is 8.25. The molecule has 8 aromatic carbocycles. The van der Waals surface area contributed by atoms with Crippen molar-refractivity contribution in [1.82, 2.24) is 19.5 Å². The number of hydrogen-bond acceptors (Lipinski definition) is 3. The number of pyridine rings is 1. The lowest BCUT2D eigenvalue weighted by molar-refractivity contribution is 1.18. The summed E-state index contributed by atoms with van der Waals surface area (Å²) in [6.07, 6.45) is 0. The van der Waals surface area contributed by atoms with Crippen molar-refractivity contribution in [3.8, 4) is 50.7 Å². The molecule has 0 saturated carbocycles. The summed E-state index contributed by atoms with van der Waals surface area (Å²) in [5.41, 5.74) is 12.5. The second-order valence-corrected chi connectivity index (χ2v) is 14.0. The first-order valence-electron chi connectivity index (χ1n) is 18.6. The van der Waals surface area contributed by atoms with Gasteiger partial charge in [-0.1, -0.05) is 152 Å². The van der Waals surface area contributed by atoms with Crippen molar-refractivity contribution >= 4 is 54.4 Å². The zero-order chi connectivity index (χ0) is 36.3. The second-order valence-electron chi connectivity index (χ2n) is 14.0. The molecule has 3 aromatic heterocycles. The maximum atomic E-state index is 5.45. The van der Waals surface area contributed by atoms with Gasteiger partial charge in [0, 0.05) is 49.3 Å². The number of para-hydroxylation sites is 4. The molecule has 0 unspecified atom stereocenters. The van der Waals surface area contributed by atoms with E-state index in [0.29, 0.717) is 5.82 Å². The van der Waals surface area contributed by atoms with E-state index in [9.17, 15) is 0 Å². The minimum Gasteiger partial charge on any atom is -0.309 e. The highest BCUT2D eigenvalue weighted by Crippen LogP contribution is 2.43. The summed E-state index contributed by atoms with van der Waals surface area (Å²) in [5, 5.41) is 6.86. The van der Waals surface area contributed by atoms with Crippen LogP contribution in [0.1, 0.15) is 0 Å². The van der Waals surface area contributed by atoms with Crippen LogP contribution in [0.3, 0.4) is 0 Å². The van der Waals surface area contributed by atoms with Gasteiger partial charge in [0.05, 0.1) is 33.5 Å². The van der Waals surface area contributed by atoms with Gasteiger partial charge in [0.2, 0.25) is 0 Å². The van der Waals surface area contributed by atoms with E-state index in [1.54, 1.807) is 0 Å². The highest BCUT2D eigenvalue weighted by Gasteiger charge is 2.20. The molecule has 0 atom stereocenters. The van der Waals surface area contributed by atoms with Crippen molar-refractivity contribution in [3.63, 3.8) is 0 Å². The van der Waals surface area contributed by atoms with E-state index in [1.807, 2.05) is 12.1 Å². The third-order valence-corrected chi connectivity index (χ3v) is 10.8. The molecule has 4 nitrogen and oxygen atoms in total. The monoisotopic (exact) mass is 700 g/mol. The average molecular weight is 701 g/mol. The molecule has 0 N–H and O–H groups in total. The van der Waals surface area contributed by atoms with Crippen LogP contribution in [0.25, 0.3) is 105 Å². The minimum absolute atomic E-state index is 0.679. The Kier molecular flexibility index (Phi) is 7.14. The summed E-state index contributed by atoms with van der Waals surface area (Å²) in [6.45, 7) is 0. The SMILES string of the molecule is c1ccc(-c2ccc(-c3nc(-c4cccc(-c5nc6ccccc6c6ccc7c(c8ccccc8n7-c7ccccc7)c56)c4)nc4ccccc34)cc2)cc1. The van der Waals surface area contributed by atoms with Gasteiger partial charge in [-0.25, -0.2) is 15.0 Å². The summed E-state index contributed by atoms with van der Waals surface area (Å²) >= 11 is 0. The molecule has 0 radical (unpaired) electrons. The first-order chi connectivity index (χ1) is 27.3. The lowest BCUT2D eigenvalue weighted by Gasteiger charge is -2.14. The molecule has 0 fully saturated rings. The van der Waals surface area contributed by atoms with Gasteiger partial charge in [0.25, 0.3) is 0 Å². The Morgan fingerprint density at radius 3 is 1.71 bits per heavy atom. The predicted octanol–water partition coefficient (Wildman–Crippen LogP) is 13.1. The number of hydrogen-bond donors (Lipinski definition) is 0. The Morgan fingerprint density at radius 1 is 0.309 bits per heavy atom. The lowest BCUT2D eigenvalue weighted by Crippen LogP contribution is -1.96. The Morgan fingerprint density at radius 2 is 0.909 bits per heavy atom. The number of fused-ring (bicyclic) bond motifs is 8. The van der Waals surface area contributed by atoms with Gasteiger partial charge < -0.3 is 4.57 Å². The van der Waals surface area contributed by atoms with Crippen LogP contribution in [0.2, 0.25) is 0 Å². The average Bonchev–Trinajstić information content (AvgIpc) is 3.61. The molecule has 4 heteroatoms. The quantitative estimate of drug-likeness (QED) is 0.168. The predicted molar refractivity (Wildman–Crippen MR) is 228 cm³/mol. The molecular formula is C51H32N4. The van der Waals surface area contributed by atoms with E-state index >= 15 is 0 Å².